The van der Waals surface area contributed by atoms with E-state index in [1.165, 1.54) is 7.11 Å². The molecule has 0 spiro atoms. The van der Waals surface area contributed by atoms with Crippen LogP contribution < -0.4 is 0 Å². The summed E-state index contributed by atoms with van der Waals surface area (Å²) in [7, 11) is 1.41. The number of ether oxygens (including phenoxy) is 1. The van der Waals surface area contributed by atoms with Crippen molar-refractivity contribution in [3.8, 4) is 0 Å². The van der Waals surface area contributed by atoms with E-state index < -0.39 is 0 Å². The summed E-state index contributed by atoms with van der Waals surface area (Å²) in [5.74, 6) is -0.154. The lowest BCUT2D eigenvalue weighted by Crippen LogP contribution is -2.53. The molecule has 1 N–H and O–H groups in total. The highest BCUT2D eigenvalue weighted by atomic mass is 16.5. The van der Waals surface area contributed by atoms with Gasteiger partial charge in [0.05, 0.1) is 7.11 Å². The molecule has 4 heteroatoms. The first-order chi connectivity index (χ1) is 5.79. The topological polar surface area (TPSA) is 49.8 Å². The number of hydrogen-bond donors (Lipinski definition) is 1. The number of hydrogen-bond acceptors (Lipinski definition) is 4. The minimum atomic E-state index is -0.154. The Kier molecular flexibility index (Phi) is 3.49. The molecule has 70 valence electrons. The first-order valence-electron chi connectivity index (χ1n) is 4.22. The molecule has 0 aromatic carbocycles. The number of carbonyl (C=O) groups is 1. The fourth-order valence-corrected chi connectivity index (χ4v) is 1.39. The largest absolute Gasteiger partial charge is 0.468 e. The molecule has 0 bridgehead atoms. The van der Waals surface area contributed by atoms with Crippen LogP contribution in [0.2, 0.25) is 0 Å². The molecule has 1 aliphatic rings. The lowest BCUT2D eigenvalue weighted by molar-refractivity contribution is -0.151. The van der Waals surface area contributed by atoms with Crippen LogP contribution >= 0.6 is 0 Å². The molecule has 0 aliphatic carbocycles. The Hall–Kier alpha value is -0.610. The monoisotopic (exact) mass is 173 g/mol. The second-order valence-electron chi connectivity index (χ2n) is 2.94. The van der Waals surface area contributed by atoms with Crippen molar-refractivity contribution in [2.24, 2.45) is 0 Å². The van der Waals surface area contributed by atoms with Gasteiger partial charge in [0.15, 0.2) is 0 Å². The molecule has 0 aromatic rings. The maximum Gasteiger partial charge on any atom is 0.323 e. The first-order valence-corrected chi connectivity index (χ1v) is 4.22. The Morgan fingerprint density at radius 2 is 2.50 bits per heavy atom. The van der Waals surface area contributed by atoms with Crippen molar-refractivity contribution in [3.05, 3.63) is 0 Å². The summed E-state index contributed by atoms with van der Waals surface area (Å²) in [4.78, 5) is 13.1. The third kappa shape index (κ3) is 1.95. The summed E-state index contributed by atoms with van der Waals surface area (Å²) in [6.07, 6.45) is 1.62. The highest BCUT2D eigenvalue weighted by Gasteiger charge is 2.33. The van der Waals surface area contributed by atoms with Crippen LogP contribution in [-0.4, -0.2) is 48.8 Å². The molecule has 1 rings (SSSR count). The minimum Gasteiger partial charge on any atom is -0.468 e. The van der Waals surface area contributed by atoms with Gasteiger partial charge in [0, 0.05) is 19.7 Å². The van der Waals surface area contributed by atoms with Gasteiger partial charge < -0.3 is 9.84 Å². The Balaban J connectivity index is 2.24. The highest BCUT2D eigenvalue weighted by Crippen LogP contribution is 2.18. The van der Waals surface area contributed by atoms with Gasteiger partial charge >= 0.3 is 5.97 Å². The summed E-state index contributed by atoms with van der Waals surface area (Å²) in [6, 6.07) is -0.0541. The molecular formula is C8H15NO3. The zero-order valence-electron chi connectivity index (χ0n) is 7.32. The van der Waals surface area contributed by atoms with Gasteiger partial charge in [0.25, 0.3) is 0 Å². The lowest BCUT2D eigenvalue weighted by Gasteiger charge is -2.38. The molecule has 1 heterocycles. The van der Waals surface area contributed by atoms with Crippen LogP contribution in [0.5, 0.6) is 0 Å². The van der Waals surface area contributed by atoms with Crippen molar-refractivity contribution in [1.29, 1.82) is 0 Å². The minimum absolute atomic E-state index is 0.0541. The zero-order valence-corrected chi connectivity index (χ0v) is 7.32. The molecule has 0 amide bonds. The zero-order chi connectivity index (χ0) is 8.97. The van der Waals surface area contributed by atoms with Crippen molar-refractivity contribution >= 4 is 5.97 Å². The second kappa shape index (κ2) is 4.42. The van der Waals surface area contributed by atoms with Gasteiger partial charge in [-0.1, -0.05) is 0 Å². The Morgan fingerprint density at radius 1 is 1.75 bits per heavy atom. The third-order valence-electron chi connectivity index (χ3n) is 2.21. The van der Waals surface area contributed by atoms with E-state index in [0.717, 1.165) is 25.9 Å². The molecule has 1 unspecified atom stereocenters. The Morgan fingerprint density at radius 3 is 2.92 bits per heavy atom. The molecule has 0 radical (unpaired) electrons. The van der Waals surface area contributed by atoms with Crippen molar-refractivity contribution in [2.75, 3.05) is 26.8 Å². The Labute approximate surface area is 72.1 Å². The van der Waals surface area contributed by atoms with E-state index in [1.54, 1.807) is 0 Å². The van der Waals surface area contributed by atoms with Gasteiger partial charge in [0.1, 0.15) is 6.04 Å². The molecule has 1 fully saturated rings. The van der Waals surface area contributed by atoms with Crippen molar-refractivity contribution in [2.45, 2.75) is 18.9 Å². The summed E-state index contributed by atoms with van der Waals surface area (Å²) in [5, 5.41) is 8.57. The fraction of sp³-hybridized carbons (Fsp3) is 0.875. The standard InChI is InChI=1S/C8H15NO3/c1-12-8(11)7-3-5-9(7)4-2-6-10/h7,10H,2-6H2,1H3. The molecule has 4 nitrogen and oxygen atoms in total. The number of nitrogens with zero attached hydrogens (tertiary/aromatic N) is 1. The highest BCUT2D eigenvalue weighted by molar-refractivity contribution is 5.76. The van der Waals surface area contributed by atoms with E-state index in [0.29, 0.717) is 0 Å². The van der Waals surface area contributed by atoms with Crippen LogP contribution in [0.3, 0.4) is 0 Å². The van der Waals surface area contributed by atoms with E-state index in [4.69, 9.17) is 5.11 Å². The molecule has 0 saturated carbocycles. The van der Waals surface area contributed by atoms with Crippen LogP contribution in [0.1, 0.15) is 12.8 Å². The SMILES string of the molecule is COC(=O)C1CCN1CCCO. The number of carbonyl (C=O) groups excluding carboxylic acids is 1. The Bertz CT molecular complexity index is 160. The van der Waals surface area contributed by atoms with Gasteiger partial charge in [-0.05, 0) is 12.8 Å². The van der Waals surface area contributed by atoms with Gasteiger partial charge in [-0.3, -0.25) is 9.69 Å². The number of aliphatic hydroxyl groups is 1. The maximum atomic E-state index is 11.0. The second-order valence-corrected chi connectivity index (χ2v) is 2.94. The van der Waals surface area contributed by atoms with Gasteiger partial charge in [-0.15, -0.1) is 0 Å². The molecule has 1 atom stereocenters. The average molecular weight is 173 g/mol. The smallest absolute Gasteiger partial charge is 0.323 e. The van der Waals surface area contributed by atoms with E-state index in [2.05, 4.69) is 4.74 Å². The van der Waals surface area contributed by atoms with E-state index in [-0.39, 0.29) is 18.6 Å². The number of esters is 1. The van der Waals surface area contributed by atoms with Crippen LogP contribution in [0, 0.1) is 0 Å². The molecule has 12 heavy (non-hydrogen) atoms. The predicted octanol–water partition coefficient (Wildman–Crippen LogP) is -0.384. The van der Waals surface area contributed by atoms with Crippen LogP contribution in [-0.2, 0) is 9.53 Å². The molecule has 0 aromatic heterocycles. The fourth-order valence-electron chi connectivity index (χ4n) is 1.39. The van der Waals surface area contributed by atoms with Gasteiger partial charge in [0.2, 0.25) is 0 Å². The van der Waals surface area contributed by atoms with E-state index in [1.807, 2.05) is 4.90 Å². The summed E-state index contributed by atoms with van der Waals surface area (Å²) < 4.78 is 4.62. The van der Waals surface area contributed by atoms with Crippen molar-refractivity contribution in [1.82, 2.24) is 4.90 Å². The predicted molar refractivity (Wildman–Crippen MR) is 43.7 cm³/mol. The third-order valence-corrected chi connectivity index (χ3v) is 2.21. The van der Waals surface area contributed by atoms with Crippen LogP contribution in [0.4, 0.5) is 0 Å². The normalized spacial score (nSPS) is 23.3. The summed E-state index contributed by atoms with van der Waals surface area (Å²) in [5.41, 5.74) is 0. The van der Waals surface area contributed by atoms with Crippen LogP contribution in [0.25, 0.3) is 0 Å². The number of aliphatic hydroxyl groups excluding tert-OH is 1. The number of rotatable bonds is 4. The number of likely N-dealkylation sites (tertiary alicyclic amines) is 1. The quantitative estimate of drug-likeness (QED) is 0.588. The molecule has 1 saturated heterocycles. The average Bonchev–Trinajstić information content (AvgIpc) is 2.03. The first kappa shape index (κ1) is 9.48. The molecular weight excluding hydrogens is 158 g/mol. The van der Waals surface area contributed by atoms with Gasteiger partial charge in [-0.2, -0.15) is 0 Å². The summed E-state index contributed by atoms with van der Waals surface area (Å²) in [6.45, 7) is 1.92. The maximum absolute atomic E-state index is 11.0. The van der Waals surface area contributed by atoms with Gasteiger partial charge in [-0.25, -0.2) is 0 Å². The van der Waals surface area contributed by atoms with Crippen molar-refractivity contribution < 1.29 is 14.6 Å². The van der Waals surface area contributed by atoms with E-state index in [9.17, 15) is 4.79 Å². The van der Waals surface area contributed by atoms with E-state index >= 15 is 0 Å². The lowest BCUT2D eigenvalue weighted by atomic mass is 10.0. The number of methoxy groups -OCH3 is 1. The van der Waals surface area contributed by atoms with Crippen molar-refractivity contribution in [3.63, 3.8) is 0 Å². The van der Waals surface area contributed by atoms with Crippen LogP contribution in [0.15, 0.2) is 0 Å². The molecule has 1 aliphatic heterocycles. The summed E-state index contributed by atoms with van der Waals surface area (Å²) >= 11 is 0.